The second-order valence-electron chi connectivity index (χ2n) is 26.9. The molecule has 642 valence electrons. The number of aryl methyl sites for hydroxylation is 3. The van der Waals surface area contributed by atoms with Gasteiger partial charge in [-0.05, 0) is 80.5 Å². The number of ether oxygens (including phenoxy) is 6. The second-order valence-corrected chi connectivity index (χ2v) is 31.8. The van der Waals surface area contributed by atoms with Crippen molar-refractivity contribution < 1.29 is 137 Å². The highest BCUT2D eigenvalue weighted by Crippen LogP contribution is 2.52. The first kappa shape index (κ1) is 94.8. The molecular formula is C68H102N14O30S3. The van der Waals surface area contributed by atoms with Gasteiger partial charge in [0.1, 0.15) is 34.8 Å². The summed E-state index contributed by atoms with van der Waals surface area (Å²) in [6.45, 7) is 2.26. The van der Waals surface area contributed by atoms with E-state index in [4.69, 9.17) is 38.6 Å². The van der Waals surface area contributed by atoms with E-state index in [-0.39, 0.29) is 151 Å². The molecule has 5 amide bonds. The van der Waals surface area contributed by atoms with Gasteiger partial charge in [-0.25, -0.2) is 13.4 Å². The quantitative estimate of drug-likeness (QED) is 0.0146. The Kier molecular flexibility index (Phi) is 38.0. The van der Waals surface area contributed by atoms with Crippen LogP contribution in [0.3, 0.4) is 0 Å². The number of amides is 5. The Hall–Kier alpha value is -9.02. The first-order valence-electron chi connectivity index (χ1n) is 36.5. The van der Waals surface area contributed by atoms with E-state index in [1.54, 1.807) is 47.1 Å². The Labute approximate surface area is 661 Å². The van der Waals surface area contributed by atoms with E-state index in [0.717, 1.165) is 5.56 Å². The number of nitrogens with one attached hydrogen (secondary N) is 10. The molecule has 47 heteroatoms. The van der Waals surface area contributed by atoms with Crippen LogP contribution in [0.5, 0.6) is 5.75 Å². The SMILES string of the molecule is Cc1cc(OCCCC(=O)NCCCOCCOCCOCCCNC(=O)[C@@H](CCC(=O)NCCOC2OC3CC(O)(S(=O)(=O)O)C3C(S(=O)(=O)O)C2O)NC(=O)CN(CCNCC(=O)O)CCN(CCNCC(=O)O)CC(=O)O)cc(C)c1S(=O)(=O)N[C@@H](CNC(=O)c1cn(C)c2cc(CNc3ncc[nH]3)ccc2c1=O)C(=O)O. The molecule has 0 spiro atoms. The largest absolute Gasteiger partial charge is 0.494 e. The molecule has 2 fully saturated rings. The van der Waals surface area contributed by atoms with Gasteiger partial charge in [-0.2, -0.15) is 21.6 Å². The fourth-order valence-electron chi connectivity index (χ4n) is 12.4. The van der Waals surface area contributed by atoms with Crippen LogP contribution in [-0.2, 0) is 106 Å². The predicted octanol–water partition coefficient (Wildman–Crippen LogP) is -4.75. The van der Waals surface area contributed by atoms with Crippen molar-refractivity contribution in [1.82, 2.24) is 66.3 Å². The number of aromatic nitrogens is 3. The monoisotopic (exact) mass is 1690 g/mol. The highest BCUT2D eigenvalue weighted by molar-refractivity contribution is 7.89. The summed E-state index contributed by atoms with van der Waals surface area (Å²) < 4.78 is 132. The Morgan fingerprint density at radius 3 is 1.89 bits per heavy atom. The molecule has 2 aromatic carbocycles. The summed E-state index contributed by atoms with van der Waals surface area (Å²) in [5.74, 6) is -9.54. The number of imidazole rings is 1. The summed E-state index contributed by atoms with van der Waals surface area (Å²) in [6, 6.07) is 4.78. The van der Waals surface area contributed by atoms with Crippen LogP contribution in [0.25, 0.3) is 10.9 Å². The van der Waals surface area contributed by atoms with E-state index >= 15 is 0 Å². The summed E-state index contributed by atoms with van der Waals surface area (Å²) in [4.78, 5) is 133. The summed E-state index contributed by atoms with van der Waals surface area (Å²) in [5, 5.41) is 78.2. The predicted molar refractivity (Wildman–Crippen MR) is 404 cm³/mol. The molecule has 44 nitrogen and oxygen atoms in total. The zero-order valence-corrected chi connectivity index (χ0v) is 65.9. The minimum Gasteiger partial charge on any atom is -0.494 e. The first-order valence-corrected chi connectivity index (χ1v) is 40.9. The zero-order valence-electron chi connectivity index (χ0n) is 63.4. The lowest BCUT2D eigenvalue weighted by atomic mass is 9.72. The number of fused-ring (bicyclic) bond motifs is 2. The van der Waals surface area contributed by atoms with Crippen molar-refractivity contribution in [3.8, 4) is 5.75 Å². The maximum absolute atomic E-state index is 13.7. The van der Waals surface area contributed by atoms with E-state index in [2.05, 4.69) is 57.2 Å². The number of anilines is 1. The molecule has 8 atom stereocenters. The summed E-state index contributed by atoms with van der Waals surface area (Å²) in [6.07, 6.45) is -1.35. The van der Waals surface area contributed by atoms with Gasteiger partial charge < -0.3 is 111 Å². The number of rotatable bonds is 57. The molecule has 0 radical (unpaired) electrons. The number of nitrogens with zero attached hydrogens (tertiary/aromatic N) is 4. The molecule has 0 bridgehead atoms. The van der Waals surface area contributed by atoms with Crippen LogP contribution in [-0.4, -0.2) is 328 Å². The van der Waals surface area contributed by atoms with Gasteiger partial charge in [0.25, 0.3) is 26.1 Å². The average Bonchev–Trinajstić information content (AvgIpc) is 0.847. The van der Waals surface area contributed by atoms with Crippen LogP contribution in [0.2, 0.25) is 0 Å². The summed E-state index contributed by atoms with van der Waals surface area (Å²) in [5.41, 5.74) is 0.906. The molecule has 1 aliphatic carbocycles. The maximum atomic E-state index is 13.7. The van der Waals surface area contributed by atoms with Crippen molar-refractivity contribution in [3.63, 3.8) is 0 Å². The number of pyridine rings is 1. The highest BCUT2D eigenvalue weighted by atomic mass is 32.2. The Morgan fingerprint density at radius 2 is 1.30 bits per heavy atom. The van der Waals surface area contributed by atoms with Crippen molar-refractivity contribution in [2.24, 2.45) is 13.0 Å². The molecule has 2 aromatic heterocycles. The van der Waals surface area contributed by atoms with E-state index in [1.807, 2.05) is 0 Å². The minimum absolute atomic E-state index is 0.0318. The molecular weight excluding hydrogens is 1590 g/mol. The van der Waals surface area contributed by atoms with Crippen LogP contribution in [0.15, 0.2) is 58.6 Å². The van der Waals surface area contributed by atoms with Gasteiger partial charge in [0.05, 0.1) is 88.3 Å². The number of H-pyrrole nitrogens is 1. The Bertz CT molecular complexity index is 4350. The number of aliphatic hydroxyl groups is 2. The number of sulfonamides is 1. The number of aliphatic carboxylic acids is 4. The van der Waals surface area contributed by atoms with E-state index in [0.29, 0.717) is 49.8 Å². The number of aromatic amines is 1. The van der Waals surface area contributed by atoms with Gasteiger partial charge in [-0.1, -0.05) is 6.07 Å². The van der Waals surface area contributed by atoms with Crippen molar-refractivity contribution in [2.45, 2.75) is 111 Å². The third-order valence-corrected chi connectivity index (χ3v) is 22.4. The number of carboxylic acids is 4. The molecule has 2 aliphatic rings. The van der Waals surface area contributed by atoms with Crippen LogP contribution in [0, 0.1) is 19.8 Å². The molecule has 1 saturated heterocycles. The molecule has 3 heterocycles. The standard InChI is InChI=1S/C68H102N14O30S3/c1-42-31-45(32-43(2)61(42)113(99,100)79-49(65(96)97)36-76-63(94)47-39-80(3)50-33-44(8-9-46(50)59(47)92)35-77-67-74-14-15-75-67)110-25-4-7-52(83)71-12-5-23-107-27-29-109-30-28-108-24-6-13-73-64(95)48(78-54(85)40-81(19-16-69-37-55(86)87)21-22-82(41-57(90)91)20-17-70-38-56(88)89)10-11-53(84)72-18-26-111-66-60(93)62(114(101,102)103)58-51(112-66)34-68(58,98)115(104,105)106/h8-9,14-15,31-33,39,48-49,51,58,60,62,66,69-70,79,93,98H,4-7,10-13,16-30,34-38,40-41H2,1-3H3,(H,71,83)(H,72,84)(H,73,95)(H,76,94)(H,78,85)(H,86,87)(H,88,89)(H,90,91)(H,96,97)(H2,74,75,77)(H,101,102,103)(H,104,105,106)/t48-,49+,51?,58?,60?,62?,66?,68?/m1/s1. The molecule has 1 saturated carbocycles. The third-order valence-electron chi connectivity index (χ3n) is 18.1. The average molecular weight is 1690 g/mol. The Balaban J connectivity index is 0.863. The normalized spacial score (nSPS) is 18.0. The van der Waals surface area contributed by atoms with Crippen molar-refractivity contribution in [2.75, 3.05) is 150 Å². The second kappa shape index (κ2) is 46.1. The number of benzene rings is 2. The molecule has 115 heavy (non-hydrogen) atoms. The fourth-order valence-corrected chi connectivity index (χ4v) is 16.4. The van der Waals surface area contributed by atoms with Crippen LogP contribution in [0.4, 0.5) is 5.95 Å². The van der Waals surface area contributed by atoms with Gasteiger partial charge in [-0.3, -0.25) is 66.9 Å². The number of hydrogen-bond acceptors (Lipinski definition) is 30. The maximum Gasteiger partial charge on any atom is 0.323 e. The van der Waals surface area contributed by atoms with Crippen molar-refractivity contribution in [1.29, 1.82) is 0 Å². The van der Waals surface area contributed by atoms with E-state index in [9.17, 15) is 103 Å². The number of hydrogen-bond donors (Lipinski definition) is 18. The lowest BCUT2D eigenvalue weighted by Gasteiger charge is -2.56. The van der Waals surface area contributed by atoms with Gasteiger partial charge in [0.15, 0.2) is 17.2 Å². The minimum atomic E-state index is -5.32. The van der Waals surface area contributed by atoms with Crippen LogP contribution < -0.4 is 57.4 Å². The van der Waals surface area contributed by atoms with Gasteiger partial charge in [-0.15, -0.1) is 0 Å². The van der Waals surface area contributed by atoms with Gasteiger partial charge in [0.2, 0.25) is 39.1 Å². The topological polar surface area (TPSA) is 639 Å². The number of aliphatic hydroxyl groups excluding tert-OH is 1. The number of carbonyl (C=O) groups excluding carboxylic acids is 5. The highest BCUT2D eigenvalue weighted by Gasteiger charge is 2.71. The molecule has 1 aliphatic heterocycles. The van der Waals surface area contributed by atoms with Crippen LogP contribution >= 0.6 is 0 Å². The van der Waals surface area contributed by atoms with Gasteiger partial charge >= 0.3 is 23.9 Å². The van der Waals surface area contributed by atoms with Crippen molar-refractivity contribution in [3.05, 3.63) is 81.4 Å². The number of carboxylic acid groups (broad SMARTS) is 4. The van der Waals surface area contributed by atoms with E-state index in [1.165, 1.54) is 37.1 Å². The zero-order chi connectivity index (χ0) is 84.6. The third kappa shape index (κ3) is 30.8. The lowest BCUT2D eigenvalue weighted by Crippen LogP contribution is -2.74. The Morgan fingerprint density at radius 1 is 0.704 bits per heavy atom. The molecule has 18 N–H and O–H groups in total. The summed E-state index contributed by atoms with van der Waals surface area (Å²) in [7, 11) is -13.5. The molecule has 4 aromatic rings. The van der Waals surface area contributed by atoms with E-state index < -0.39 is 176 Å². The van der Waals surface area contributed by atoms with Crippen molar-refractivity contribution >= 4 is 101 Å². The molecule has 6 rings (SSSR count). The van der Waals surface area contributed by atoms with Crippen LogP contribution in [0.1, 0.15) is 72.0 Å². The first-order chi connectivity index (χ1) is 54.4. The lowest BCUT2D eigenvalue weighted by molar-refractivity contribution is -0.300. The van der Waals surface area contributed by atoms with Gasteiger partial charge in [0, 0.05) is 135 Å². The number of carbonyl (C=O) groups is 9. The summed E-state index contributed by atoms with van der Waals surface area (Å²) >= 11 is 0. The smallest absolute Gasteiger partial charge is 0.323 e. The fraction of sp³-hybridized carbons (Fsp3) is 0.603. The molecule has 6 unspecified atom stereocenters.